The Morgan fingerprint density at radius 2 is 1.64 bits per heavy atom. The summed E-state index contributed by atoms with van der Waals surface area (Å²) in [6.45, 7) is 0. The van der Waals surface area contributed by atoms with E-state index in [4.69, 9.17) is 27.9 Å². The van der Waals surface area contributed by atoms with Crippen LogP contribution in [0.4, 0.5) is 30.2 Å². The standard InChI is InChI=1S/C40H29Cl2F3N4O9/c1-57-23-8-5-19(6-9-23)39-29(36(52)48(38(39)54)46-31-13-7-20(41)15-30(31)42)18-27-25(34(39)28-17-24(10-14-32(28)50)58-40(43,44)45)11-12-26-33(27)37(53)47(35(26)51)21-3-2-4-22(16-21)49(55)56/h2-11,13-17,26-27,29,33-34,46,50H,12,18H2,1H3. The number of phenols is 1. The number of nitro benzene ring substituents is 1. The Morgan fingerprint density at radius 1 is 0.914 bits per heavy atom. The van der Waals surface area contributed by atoms with E-state index in [1.54, 1.807) is 18.2 Å². The molecule has 4 aromatic rings. The van der Waals surface area contributed by atoms with Crippen LogP contribution in [-0.4, -0.2) is 52.1 Å². The first-order chi connectivity index (χ1) is 27.5. The molecule has 0 radical (unpaired) electrons. The minimum Gasteiger partial charge on any atom is -0.508 e. The van der Waals surface area contributed by atoms with Gasteiger partial charge in [0, 0.05) is 28.6 Å². The average Bonchev–Trinajstić information content (AvgIpc) is 3.56. The molecule has 4 aromatic carbocycles. The molecule has 13 nitrogen and oxygen atoms in total. The van der Waals surface area contributed by atoms with E-state index >= 15 is 4.79 Å². The SMILES string of the molecule is COc1ccc(C23C(=O)N(Nc4ccc(Cl)cc4Cl)C(=O)C2CC2C(=CCC4C(=O)N(c5cccc([N+](=O)[O-])c5)C(=O)C42)C3c2cc(OC(F)(F)F)ccc2O)cc1. The molecule has 6 unspecified atom stereocenters. The summed E-state index contributed by atoms with van der Waals surface area (Å²) in [4.78, 5) is 70.7. The maximum Gasteiger partial charge on any atom is 0.573 e. The van der Waals surface area contributed by atoms with E-state index in [1.807, 2.05) is 0 Å². The number of rotatable bonds is 8. The Balaban J connectivity index is 1.35. The second-order valence-corrected chi connectivity index (χ2v) is 15.1. The molecule has 8 rings (SSSR count). The highest BCUT2D eigenvalue weighted by atomic mass is 35.5. The number of hydrazine groups is 1. The number of nitrogens with zero attached hydrogens (tertiary/aromatic N) is 3. The van der Waals surface area contributed by atoms with Gasteiger partial charge in [-0.3, -0.25) is 34.7 Å². The molecular weight excluding hydrogens is 808 g/mol. The highest BCUT2D eigenvalue weighted by Gasteiger charge is 2.71. The molecule has 58 heavy (non-hydrogen) atoms. The molecule has 2 aliphatic carbocycles. The topological polar surface area (TPSA) is 169 Å². The Labute approximate surface area is 336 Å². The van der Waals surface area contributed by atoms with Crippen LogP contribution < -0.4 is 19.8 Å². The molecule has 1 saturated carbocycles. The Hall–Kier alpha value is -6.13. The third-order valence-electron chi connectivity index (χ3n) is 11.4. The number of nitrogens with one attached hydrogen (secondary N) is 1. The lowest BCUT2D eigenvalue weighted by Crippen LogP contribution is -2.53. The van der Waals surface area contributed by atoms with Crippen LogP contribution in [0.2, 0.25) is 10.0 Å². The number of non-ortho nitro benzene ring substituents is 1. The quantitative estimate of drug-likeness (QED) is 0.0777. The highest BCUT2D eigenvalue weighted by molar-refractivity contribution is 6.36. The molecule has 2 aliphatic heterocycles. The third-order valence-corrected chi connectivity index (χ3v) is 12.0. The number of methoxy groups -OCH3 is 1. The Morgan fingerprint density at radius 3 is 2.31 bits per heavy atom. The third kappa shape index (κ3) is 6.09. The normalized spacial score (nSPS) is 25.2. The number of alkyl halides is 3. The van der Waals surface area contributed by atoms with Gasteiger partial charge in [0.05, 0.1) is 51.6 Å². The maximum absolute atomic E-state index is 15.4. The first-order valence-corrected chi connectivity index (χ1v) is 18.5. The summed E-state index contributed by atoms with van der Waals surface area (Å²) in [7, 11) is 1.42. The van der Waals surface area contributed by atoms with Crippen molar-refractivity contribution in [3.8, 4) is 17.2 Å². The van der Waals surface area contributed by atoms with Gasteiger partial charge in [0.2, 0.25) is 11.8 Å². The first-order valence-electron chi connectivity index (χ1n) is 17.7. The molecule has 0 aromatic heterocycles. The molecule has 2 saturated heterocycles. The van der Waals surface area contributed by atoms with Gasteiger partial charge in [0.1, 0.15) is 17.2 Å². The van der Waals surface area contributed by atoms with E-state index in [0.29, 0.717) is 11.3 Å². The van der Waals surface area contributed by atoms with Crippen LogP contribution >= 0.6 is 23.2 Å². The number of imide groups is 2. The van der Waals surface area contributed by atoms with Crippen molar-refractivity contribution in [3.05, 3.63) is 128 Å². The molecule has 4 aliphatic rings. The number of halogens is 5. The van der Waals surface area contributed by atoms with Gasteiger partial charge in [-0.1, -0.05) is 53.1 Å². The number of carbonyl (C=O) groups is 4. The number of carbonyl (C=O) groups excluding carboxylic acids is 4. The number of amides is 4. The summed E-state index contributed by atoms with van der Waals surface area (Å²) in [6.07, 6.45) is -3.83. The maximum atomic E-state index is 15.4. The van der Waals surface area contributed by atoms with E-state index < -0.39 is 81.4 Å². The fraction of sp³-hybridized carbons (Fsp3) is 0.250. The number of anilines is 2. The van der Waals surface area contributed by atoms with E-state index in [-0.39, 0.29) is 51.1 Å². The number of allylic oxidation sites excluding steroid dienone is 2. The van der Waals surface area contributed by atoms with Crippen molar-refractivity contribution in [2.75, 3.05) is 17.4 Å². The molecule has 2 heterocycles. The Bertz CT molecular complexity index is 2460. The van der Waals surface area contributed by atoms with Crippen LogP contribution in [0.1, 0.15) is 29.9 Å². The van der Waals surface area contributed by atoms with E-state index in [0.717, 1.165) is 34.2 Å². The lowest BCUT2D eigenvalue weighted by Gasteiger charge is -2.50. The number of phenolic OH excluding ortho intramolecular Hbond substituents is 1. The van der Waals surface area contributed by atoms with Gasteiger partial charge in [0.25, 0.3) is 17.5 Å². The van der Waals surface area contributed by atoms with Crippen molar-refractivity contribution < 1.29 is 51.9 Å². The summed E-state index contributed by atoms with van der Waals surface area (Å²) in [6, 6.07) is 18.2. The Kier molecular flexibility index (Phi) is 9.39. The van der Waals surface area contributed by atoms with Crippen LogP contribution in [-0.2, 0) is 24.6 Å². The highest BCUT2D eigenvalue weighted by Crippen LogP contribution is 2.65. The lowest BCUT2D eigenvalue weighted by molar-refractivity contribution is -0.384. The van der Waals surface area contributed by atoms with E-state index in [9.17, 15) is 42.8 Å². The van der Waals surface area contributed by atoms with Gasteiger partial charge >= 0.3 is 6.36 Å². The zero-order valence-corrected chi connectivity index (χ0v) is 31.4. The van der Waals surface area contributed by atoms with Gasteiger partial charge in [0.15, 0.2) is 0 Å². The minimum absolute atomic E-state index is 0.0444. The number of fused-ring (bicyclic) bond motifs is 4. The summed E-state index contributed by atoms with van der Waals surface area (Å²) < 4.78 is 50.6. The van der Waals surface area contributed by atoms with Crippen LogP contribution in [0.3, 0.4) is 0 Å². The molecular formula is C40H29Cl2F3N4O9. The summed E-state index contributed by atoms with van der Waals surface area (Å²) >= 11 is 12.6. The smallest absolute Gasteiger partial charge is 0.508 e. The fourth-order valence-corrected chi connectivity index (χ4v) is 9.60. The predicted octanol–water partition coefficient (Wildman–Crippen LogP) is 7.70. The van der Waals surface area contributed by atoms with Gasteiger partial charge in [-0.05, 0) is 78.9 Å². The van der Waals surface area contributed by atoms with Crippen molar-refractivity contribution in [1.82, 2.24) is 5.01 Å². The molecule has 4 amide bonds. The van der Waals surface area contributed by atoms with Crippen LogP contribution in [0, 0.1) is 33.8 Å². The number of ether oxygens (including phenoxy) is 2. The number of benzene rings is 4. The van der Waals surface area contributed by atoms with Crippen molar-refractivity contribution >= 4 is 63.9 Å². The van der Waals surface area contributed by atoms with Gasteiger partial charge in [-0.2, -0.15) is 5.01 Å². The van der Waals surface area contributed by atoms with Crippen molar-refractivity contribution in [2.45, 2.75) is 30.5 Å². The number of aromatic hydroxyl groups is 1. The number of hydrogen-bond acceptors (Lipinski definition) is 10. The summed E-state index contributed by atoms with van der Waals surface area (Å²) in [5, 5.41) is 24.3. The predicted molar refractivity (Wildman–Crippen MR) is 201 cm³/mol. The molecule has 0 spiro atoms. The lowest BCUT2D eigenvalue weighted by atomic mass is 9.49. The molecule has 6 atom stereocenters. The van der Waals surface area contributed by atoms with Gasteiger partial charge in [-0.25, -0.2) is 4.90 Å². The van der Waals surface area contributed by atoms with E-state index in [1.165, 1.54) is 55.6 Å². The van der Waals surface area contributed by atoms with Crippen LogP contribution in [0.5, 0.6) is 17.2 Å². The average molecular weight is 838 g/mol. The molecule has 18 heteroatoms. The van der Waals surface area contributed by atoms with Gasteiger partial charge < -0.3 is 14.6 Å². The van der Waals surface area contributed by atoms with Gasteiger partial charge in [-0.15, -0.1) is 13.2 Å². The van der Waals surface area contributed by atoms with Crippen LogP contribution in [0.15, 0.2) is 96.6 Å². The van der Waals surface area contributed by atoms with Crippen molar-refractivity contribution in [2.24, 2.45) is 23.7 Å². The largest absolute Gasteiger partial charge is 0.573 e. The monoisotopic (exact) mass is 836 g/mol. The van der Waals surface area contributed by atoms with E-state index in [2.05, 4.69) is 10.2 Å². The van der Waals surface area contributed by atoms with Crippen LogP contribution in [0.25, 0.3) is 0 Å². The molecule has 2 N–H and O–H groups in total. The molecule has 0 bridgehead atoms. The van der Waals surface area contributed by atoms with Crippen molar-refractivity contribution in [3.63, 3.8) is 0 Å². The molecule has 298 valence electrons. The summed E-state index contributed by atoms with van der Waals surface area (Å²) in [5.74, 6) is -9.92. The number of hydrogen-bond donors (Lipinski definition) is 2. The zero-order chi connectivity index (χ0) is 41.4. The zero-order valence-electron chi connectivity index (χ0n) is 29.9. The first kappa shape index (κ1) is 38.7. The second-order valence-electron chi connectivity index (χ2n) is 14.3. The minimum atomic E-state index is -5.15. The second kappa shape index (κ2) is 14.1. The summed E-state index contributed by atoms with van der Waals surface area (Å²) in [5.41, 5.74) is 0.799. The van der Waals surface area contributed by atoms with Crippen molar-refractivity contribution in [1.29, 1.82) is 0 Å². The fourth-order valence-electron chi connectivity index (χ4n) is 9.15. The number of nitro groups is 1. The molecule has 3 fully saturated rings.